The Bertz CT molecular complexity index is 653. The first kappa shape index (κ1) is 15.9. The molecule has 0 unspecified atom stereocenters. The number of nitriles is 1. The van der Waals surface area contributed by atoms with Crippen LogP contribution in [0.5, 0.6) is 0 Å². The molecule has 4 atom stereocenters. The minimum Gasteiger partial charge on any atom is -0.461 e. The van der Waals surface area contributed by atoms with Gasteiger partial charge in [0.2, 0.25) is 0 Å². The number of carbonyl (C=O) groups is 1. The van der Waals surface area contributed by atoms with Gasteiger partial charge in [0, 0.05) is 18.0 Å². The Morgan fingerprint density at radius 2 is 2.04 bits per heavy atom. The van der Waals surface area contributed by atoms with E-state index in [1.54, 1.807) is 6.08 Å². The van der Waals surface area contributed by atoms with E-state index in [1.165, 1.54) is 6.42 Å². The summed E-state index contributed by atoms with van der Waals surface area (Å²) in [5, 5.41) is 12.3. The van der Waals surface area contributed by atoms with Gasteiger partial charge in [0.25, 0.3) is 5.91 Å². The van der Waals surface area contributed by atoms with Crippen molar-refractivity contribution in [2.24, 2.45) is 11.8 Å². The van der Waals surface area contributed by atoms with Crippen molar-refractivity contribution in [3.8, 4) is 6.07 Å². The molecule has 1 aromatic rings. The third-order valence-electron chi connectivity index (χ3n) is 5.20. The number of furan rings is 1. The normalized spacial score (nSPS) is 30.6. The molecule has 0 aromatic carbocycles. The highest BCUT2D eigenvalue weighted by atomic mass is 16.3. The molecule has 122 valence electrons. The van der Waals surface area contributed by atoms with Gasteiger partial charge in [0.1, 0.15) is 23.2 Å². The largest absolute Gasteiger partial charge is 0.461 e. The molecule has 23 heavy (non-hydrogen) atoms. The molecule has 0 radical (unpaired) electrons. The van der Waals surface area contributed by atoms with E-state index in [2.05, 4.69) is 19.2 Å². The van der Waals surface area contributed by atoms with E-state index in [9.17, 15) is 10.1 Å². The van der Waals surface area contributed by atoms with E-state index in [0.717, 1.165) is 31.4 Å². The number of carbonyl (C=O) groups excluding carboxylic acids is 1. The summed E-state index contributed by atoms with van der Waals surface area (Å²) in [6, 6.07) is 5.98. The fourth-order valence-corrected chi connectivity index (χ4v) is 3.43. The molecule has 0 saturated heterocycles. The molecular formula is C19H24N2O2. The van der Waals surface area contributed by atoms with Gasteiger partial charge >= 0.3 is 0 Å². The van der Waals surface area contributed by atoms with Crippen LogP contribution in [0.1, 0.15) is 63.4 Å². The molecule has 4 heteroatoms. The van der Waals surface area contributed by atoms with Crippen molar-refractivity contribution < 1.29 is 9.21 Å². The van der Waals surface area contributed by atoms with E-state index >= 15 is 0 Å². The zero-order valence-electron chi connectivity index (χ0n) is 13.8. The molecule has 4 nitrogen and oxygen atoms in total. The van der Waals surface area contributed by atoms with Gasteiger partial charge in [0.15, 0.2) is 0 Å². The van der Waals surface area contributed by atoms with Crippen LogP contribution in [-0.4, -0.2) is 11.9 Å². The molecule has 2 aliphatic carbocycles. The van der Waals surface area contributed by atoms with Crippen LogP contribution < -0.4 is 5.32 Å². The van der Waals surface area contributed by atoms with Crippen molar-refractivity contribution in [2.75, 3.05) is 0 Å². The Balaban J connectivity index is 1.67. The minimum absolute atomic E-state index is 0.118. The van der Waals surface area contributed by atoms with Crippen molar-refractivity contribution in [2.45, 2.75) is 57.9 Å². The lowest BCUT2D eigenvalue weighted by Crippen LogP contribution is -2.41. The van der Waals surface area contributed by atoms with E-state index in [4.69, 9.17) is 4.42 Å². The highest BCUT2D eigenvalue weighted by Crippen LogP contribution is 2.47. The van der Waals surface area contributed by atoms with Crippen molar-refractivity contribution in [1.82, 2.24) is 5.32 Å². The van der Waals surface area contributed by atoms with Crippen molar-refractivity contribution in [3.63, 3.8) is 0 Å². The van der Waals surface area contributed by atoms with Gasteiger partial charge < -0.3 is 9.73 Å². The lowest BCUT2D eigenvalue weighted by atomic mass is 9.86. The zero-order valence-corrected chi connectivity index (χ0v) is 13.8. The topological polar surface area (TPSA) is 66.0 Å². The molecule has 3 rings (SSSR count). The van der Waals surface area contributed by atoms with Gasteiger partial charge in [-0.1, -0.05) is 26.7 Å². The average Bonchev–Trinajstić information content (AvgIpc) is 3.09. The Labute approximate surface area is 137 Å². The Morgan fingerprint density at radius 3 is 2.70 bits per heavy atom. The number of hydrogen-bond acceptors (Lipinski definition) is 3. The second-order valence-electron chi connectivity index (χ2n) is 7.07. The van der Waals surface area contributed by atoms with Crippen LogP contribution in [0.3, 0.4) is 0 Å². The highest BCUT2D eigenvalue weighted by molar-refractivity contribution is 6.01. The standard InChI is InChI=1S/C19H24N2O2/c1-12-5-3-4-6-17(12)21-19(22)14(11-20)10-15-7-8-18(23-15)16-9-13(16)2/h7-8,10,12-13,16-17H,3-6,9H2,1-2H3,(H,21,22)/b14-10+/t12-,13+,16-,17-/m1/s1. The average molecular weight is 312 g/mol. The Kier molecular flexibility index (Phi) is 4.56. The SMILES string of the molecule is C[C@@H]1CCCC[C@H]1NC(=O)/C(C#N)=C/c1ccc([C@@H]2C[C@@H]2C)o1. The second-order valence-corrected chi connectivity index (χ2v) is 7.07. The summed E-state index contributed by atoms with van der Waals surface area (Å²) >= 11 is 0. The third kappa shape index (κ3) is 3.67. The quantitative estimate of drug-likeness (QED) is 0.675. The van der Waals surface area contributed by atoms with E-state index < -0.39 is 0 Å². The monoisotopic (exact) mass is 312 g/mol. The molecule has 1 amide bonds. The molecule has 2 saturated carbocycles. The maximum atomic E-state index is 12.4. The number of rotatable bonds is 4. The molecule has 0 bridgehead atoms. The summed E-state index contributed by atoms with van der Waals surface area (Å²) < 4.78 is 5.76. The van der Waals surface area contributed by atoms with Crippen LogP contribution >= 0.6 is 0 Å². The molecular weight excluding hydrogens is 288 g/mol. The molecule has 2 fully saturated rings. The van der Waals surface area contributed by atoms with Crippen LogP contribution in [0.25, 0.3) is 6.08 Å². The third-order valence-corrected chi connectivity index (χ3v) is 5.20. The number of nitrogens with one attached hydrogen (secondary N) is 1. The number of hydrogen-bond donors (Lipinski definition) is 1. The number of nitrogens with zero attached hydrogens (tertiary/aromatic N) is 1. The van der Waals surface area contributed by atoms with Crippen LogP contribution in [0, 0.1) is 23.2 Å². The first-order valence-corrected chi connectivity index (χ1v) is 8.61. The molecule has 1 heterocycles. The van der Waals surface area contributed by atoms with E-state index in [1.807, 2.05) is 18.2 Å². The highest BCUT2D eigenvalue weighted by Gasteiger charge is 2.36. The van der Waals surface area contributed by atoms with Gasteiger partial charge in [-0.05, 0) is 43.2 Å². The fraction of sp³-hybridized carbons (Fsp3) is 0.579. The van der Waals surface area contributed by atoms with E-state index in [0.29, 0.717) is 23.5 Å². The van der Waals surface area contributed by atoms with Crippen LogP contribution in [-0.2, 0) is 4.79 Å². The van der Waals surface area contributed by atoms with Gasteiger partial charge in [-0.3, -0.25) is 4.79 Å². The molecule has 1 aromatic heterocycles. The van der Waals surface area contributed by atoms with Crippen molar-refractivity contribution >= 4 is 12.0 Å². The number of amides is 1. The molecule has 0 spiro atoms. The van der Waals surface area contributed by atoms with Gasteiger partial charge in [-0.25, -0.2) is 0 Å². The Hall–Kier alpha value is -2.02. The first-order chi connectivity index (χ1) is 11.1. The molecule has 2 aliphatic rings. The van der Waals surface area contributed by atoms with Crippen LogP contribution in [0.2, 0.25) is 0 Å². The van der Waals surface area contributed by atoms with Crippen molar-refractivity contribution in [3.05, 3.63) is 29.2 Å². The van der Waals surface area contributed by atoms with Gasteiger partial charge in [-0.2, -0.15) is 5.26 Å². The molecule has 0 aliphatic heterocycles. The second kappa shape index (κ2) is 6.62. The minimum atomic E-state index is -0.288. The smallest absolute Gasteiger partial charge is 0.262 e. The van der Waals surface area contributed by atoms with Gasteiger partial charge in [0.05, 0.1) is 0 Å². The summed E-state index contributed by atoms with van der Waals surface area (Å²) in [6.07, 6.45) is 7.21. The lowest BCUT2D eigenvalue weighted by Gasteiger charge is -2.29. The zero-order chi connectivity index (χ0) is 16.4. The predicted molar refractivity (Wildman–Crippen MR) is 88.4 cm³/mol. The Morgan fingerprint density at radius 1 is 1.30 bits per heavy atom. The molecule has 1 N–H and O–H groups in total. The summed E-state index contributed by atoms with van der Waals surface area (Å²) in [7, 11) is 0. The lowest BCUT2D eigenvalue weighted by molar-refractivity contribution is -0.118. The maximum absolute atomic E-state index is 12.4. The maximum Gasteiger partial charge on any atom is 0.262 e. The summed E-state index contributed by atoms with van der Waals surface area (Å²) in [5.41, 5.74) is 0.118. The van der Waals surface area contributed by atoms with Gasteiger partial charge in [-0.15, -0.1) is 0 Å². The van der Waals surface area contributed by atoms with Crippen molar-refractivity contribution in [1.29, 1.82) is 5.26 Å². The van der Waals surface area contributed by atoms with Crippen LogP contribution in [0.4, 0.5) is 0 Å². The predicted octanol–water partition coefficient (Wildman–Crippen LogP) is 4.00. The summed E-state index contributed by atoms with van der Waals surface area (Å²) in [6.45, 7) is 4.36. The summed E-state index contributed by atoms with van der Waals surface area (Å²) in [4.78, 5) is 12.4. The first-order valence-electron chi connectivity index (χ1n) is 8.61. The van der Waals surface area contributed by atoms with E-state index in [-0.39, 0.29) is 17.5 Å². The summed E-state index contributed by atoms with van der Waals surface area (Å²) in [5.74, 6) is 2.90. The van der Waals surface area contributed by atoms with Crippen LogP contribution in [0.15, 0.2) is 22.1 Å². The fourth-order valence-electron chi connectivity index (χ4n) is 3.43.